The molecule has 0 unspecified atom stereocenters. The molecule has 72 valence electrons. The van der Waals surface area contributed by atoms with Crippen molar-refractivity contribution in [2.24, 2.45) is 0 Å². The molecule has 0 atom stereocenters. The predicted octanol–water partition coefficient (Wildman–Crippen LogP) is 3.75. The number of rotatable bonds is 1. The summed E-state index contributed by atoms with van der Waals surface area (Å²) < 4.78 is 1.14. The second kappa shape index (κ2) is 3.42. The van der Waals surface area contributed by atoms with Crippen LogP contribution in [0.5, 0.6) is 0 Å². The van der Waals surface area contributed by atoms with Crippen LogP contribution in [0.2, 0.25) is 4.34 Å². The molecule has 0 amide bonds. The monoisotopic (exact) mass is 245 g/mol. The van der Waals surface area contributed by atoms with Gasteiger partial charge < -0.3 is 0 Å². The highest BCUT2D eigenvalue weighted by Gasteiger charge is 2.15. The zero-order valence-corrected chi connectivity index (χ0v) is 9.20. The summed E-state index contributed by atoms with van der Waals surface area (Å²) >= 11 is 11.1. The molecule has 0 aliphatic heterocycles. The van der Waals surface area contributed by atoms with Gasteiger partial charge in [-0.2, -0.15) is 0 Å². The van der Waals surface area contributed by atoms with E-state index in [4.69, 9.17) is 11.6 Å². The topological polar surface area (TPSA) is 43.1 Å². The average Bonchev–Trinajstić information content (AvgIpc) is 2.42. The van der Waals surface area contributed by atoms with Crippen LogP contribution in [0.3, 0.4) is 0 Å². The van der Waals surface area contributed by atoms with Gasteiger partial charge >= 0.3 is 0 Å². The number of non-ortho nitro benzene ring substituents is 1. The zero-order valence-electron chi connectivity index (χ0n) is 6.73. The highest BCUT2D eigenvalue weighted by molar-refractivity contribution is 7.80. The number of hydrogen-bond donors (Lipinski definition) is 1. The molecule has 2 rings (SSSR count). The Morgan fingerprint density at radius 3 is 2.79 bits per heavy atom. The number of fused-ring (bicyclic) bond motifs is 1. The van der Waals surface area contributed by atoms with Crippen LogP contribution in [0.15, 0.2) is 23.1 Å². The number of thiophene rings is 1. The number of halogens is 1. The van der Waals surface area contributed by atoms with E-state index in [1.54, 1.807) is 12.1 Å². The Bertz CT molecular complexity index is 523. The van der Waals surface area contributed by atoms with Crippen molar-refractivity contribution in [2.75, 3.05) is 0 Å². The number of thiol groups is 1. The molecule has 0 aliphatic rings. The number of nitro benzene ring substituents is 1. The van der Waals surface area contributed by atoms with Crippen molar-refractivity contribution in [1.82, 2.24) is 0 Å². The first-order chi connectivity index (χ1) is 6.58. The van der Waals surface area contributed by atoms with Crippen LogP contribution < -0.4 is 0 Å². The second-order valence-electron chi connectivity index (χ2n) is 2.69. The normalized spacial score (nSPS) is 10.7. The van der Waals surface area contributed by atoms with Crippen LogP contribution in [0.1, 0.15) is 0 Å². The molecule has 0 saturated heterocycles. The molecule has 0 radical (unpaired) electrons. The number of nitro groups is 1. The maximum absolute atomic E-state index is 10.7. The standard InChI is InChI=1S/C8H4ClNO2S2/c9-7-2-4-1-5(13)3-6(10(11)12)8(4)14-7/h1-3,13H. The maximum Gasteiger partial charge on any atom is 0.288 e. The summed E-state index contributed by atoms with van der Waals surface area (Å²) in [5, 5.41) is 11.5. The smallest absolute Gasteiger partial charge is 0.258 e. The second-order valence-corrected chi connectivity index (χ2v) is 4.89. The van der Waals surface area contributed by atoms with Gasteiger partial charge in [-0.1, -0.05) is 11.6 Å². The van der Waals surface area contributed by atoms with Gasteiger partial charge in [0.1, 0.15) is 4.70 Å². The third-order valence-corrected chi connectivity index (χ3v) is 3.31. The van der Waals surface area contributed by atoms with Crippen LogP contribution in [0, 0.1) is 10.1 Å². The van der Waals surface area contributed by atoms with Gasteiger partial charge in [-0.15, -0.1) is 24.0 Å². The highest BCUT2D eigenvalue weighted by Crippen LogP contribution is 2.37. The van der Waals surface area contributed by atoms with Gasteiger partial charge in [-0.05, 0) is 12.1 Å². The Morgan fingerprint density at radius 2 is 2.14 bits per heavy atom. The molecule has 1 aromatic carbocycles. The minimum atomic E-state index is -0.422. The fourth-order valence-electron chi connectivity index (χ4n) is 1.22. The molecule has 1 aromatic heterocycles. The molecular formula is C8H4ClNO2S2. The van der Waals surface area contributed by atoms with Gasteiger partial charge in [0, 0.05) is 16.3 Å². The lowest BCUT2D eigenvalue weighted by Crippen LogP contribution is -1.87. The Labute approximate surface area is 93.9 Å². The summed E-state index contributed by atoms with van der Waals surface area (Å²) in [5.41, 5.74) is 0.0596. The van der Waals surface area contributed by atoms with Crippen molar-refractivity contribution in [3.8, 4) is 0 Å². The summed E-state index contributed by atoms with van der Waals surface area (Å²) in [7, 11) is 0. The molecule has 3 nitrogen and oxygen atoms in total. The third-order valence-electron chi connectivity index (χ3n) is 1.75. The van der Waals surface area contributed by atoms with Crippen LogP contribution in [0.25, 0.3) is 10.1 Å². The predicted molar refractivity (Wildman–Crippen MR) is 60.7 cm³/mol. The van der Waals surface area contributed by atoms with Gasteiger partial charge in [0.25, 0.3) is 5.69 Å². The first kappa shape index (κ1) is 9.76. The molecule has 0 saturated carbocycles. The van der Waals surface area contributed by atoms with E-state index >= 15 is 0 Å². The van der Waals surface area contributed by atoms with Crippen molar-refractivity contribution in [3.05, 3.63) is 32.6 Å². The maximum atomic E-state index is 10.7. The lowest BCUT2D eigenvalue weighted by molar-refractivity contribution is -0.383. The number of nitrogens with zero attached hydrogens (tertiary/aromatic N) is 1. The molecular weight excluding hydrogens is 242 g/mol. The largest absolute Gasteiger partial charge is 0.288 e. The summed E-state index contributed by atoms with van der Waals surface area (Å²) in [6.07, 6.45) is 0. The molecule has 0 bridgehead atoms. The molecule has 0 spiro atoms. The quantitative estimate of drug-likeness (QED) is 0.472. The van der Waals surface area contributed by atoms with Crippen LogP contribution in [0.4, 0.5) is 5.69 Å². The lowest BCUT2D eigenvalue weighted by Gasteiger charge is -1.95. The summed E-state index contributed by atoms with van der Waals surface area (Å²) in [6.45, 7) is 0. The molecule has 6 heteroatoms. The van der Waals surface area contributed by atoms with E-state index < -0.39 is 4.92 Å². The fourth-order valence-corrected chi connectivity index (χ4v) is 2.69. The minimum Gasteiger partial charge on any atom is -0.258 e. The fraction of sp³-hybridized carbons (Fsp3) is 0. The summed E-state index contributed by atoms with van der Waals surface area (Å²) in [4.78, 5) is 10.9. The van der Waals surface area contributed by atoms with Crippen molar-refractivity contribution in [3.63, 3.8) is 0 Å². The van der Waals surface area contributed by atoms with Crippen molar-refractivity contribution in [2.45, 2.75) is 4.90 Å². The van der Waals surface area contributed by atoms with Crippen molar-refractivity contribution < 1.29 is 4.92 Å². The Kier molecular flexibility index (Phi) is 2.38. The van der Waals surface area contributed by atoms with Crippen LogP contribution in [-0.4, -0.2) is 4.92 Å². The van der Waals surface area contributed by atoms with Crippen LogP contribution in [-0.2, 0) is 0 Å². The zero-order chi connectivity index (χ0) is 10.3. The van der Waals surface area contributed by atoms with Gasteiger partial charge in [0.05, 0.1) is 9.26 Å². The SMILES string of the molecule is O=[N+]([O-])c1cc(S)cc2cc(Cl)sc12. The molecule has 0 N–H and O–H groups in total. The molecule has 2 aromatic rings. The Balaban J connectivity index is 2.85. The highest BCUT2D eigenvalue weighted by atomic mass is 35.5. The molecule has 0 fully saturated rings. The van der Waals surface area contributed by atoms with Crippen molar-refractivity contribution >= 4 is 51.3 Å². The van der Waals surface area contributed by atoms with Gasteiger partial charge in [-0.25, -0.2) is 0 Å². The molecule has 1 heterocycles. The van der Waals surface area contributed by atoms with E-state index in [1.165, 1.54) is 17.4 Å². The van der Waals surface area contributed by atoms with Gasteiger partial charge in [0.2, 0.25) is 0 Å². The van der Waals surface area contributed by atoms with E-state index in [0.717, 1.165) is 5.39 Å². The van der Waals surface area contributed by atoms with Crippen molar-refractivity contribution in [1.29, 1.82) is 0 Å². The first-order valence-electron chi connectivity index (χ1n) is 3.64. The lowest BCUT2D eigenvalue weighted by atomic mass is 10.2. The van der Waals surface area contributed by atoms with E-state index in [2.05, 4.69) is 12.6 Å². The summed E-state index contributed by atoms with van der Waals surface area (Å²) in [6, 6.07) is 4.89. The number of benzene rings is 1. The molecule has 0 aliphatic carbocycles. The van der Waals surface area contributed by atoms with E-state index in [0.29, 0.717) is 13.9 Å². The molecule has 14 heavy (non-hydrogen) atoms. The number of hydrogen-bond acceptors (Lipinski definition) is 4. The van der Waals surface area contributed by atoms with Gasteiger partial charge in [-0.3, -0.25) is 10.1 Å². The Hall–Kier alpha value is -0.780. The van der Waals surface area contributed by atoms with E-state index in [-0.39, 0.29) is 5.69 Å². The first-order valence-corrected chi connectivity index (χ1v) is 5.28. The third kappa shape index (κ3) is 1.58. The van der Waals surface area contributed by atoms with Crippen LogP contribution >= 0.6 is 35.6 Å². The average molecular weight is 246 g/mol. The van der Waals surface area contributed by atoms with Gasteiger partial charge in [0.15, 0.2) is 0 Å². The van der Waals surface area contributed by atoms with E-state index in [9.17, 15) is 10.1 Å². The Morgan fingerprint density at radius 1 is 1.43 bits per heavy atom. The summed E-state index contributed by atoms with van der Waals surface area (Å²) in [5.74, 6) is 0. The minimum absolute atomic E-state index is 0.0596. The van der Waals surface area contributed by atoms with E-state index in [1.807, 2.05) is 0 Å².